The highest BCUT2D eigenvalue weighted by Gasteiger charge is 2.38. The lowest BCUT2D eigenvalue weighted by molar-refractivity contribution is -0.163. The fourth-order valence-electron chi connectivity index (χ4n) is 5.25. The third-order valence-corrected chi connectivity index (χ3v) is 7.75. The molecular weight excluding hydrogens is 504 g/mol. The van der Waals surface area contributed by atoms with Gasteiger partial charge in [-0.1, -0.05) is 35.9 Å². The summed E-state index contributed by atoms with van der Waals surface area (Å²) in [6, 6.07) is 16.8. The number of hydrogen-bond acceptors (Lipinski definition) is 8. The van der Waals surface area contributed by atoms with Gasteiger partial charge in [0.1, 0.15) is 11.5 Å². The van der Waals surface area contributed by atoms with Gasteiger partial charge in [0, 0.05) is 61.7 Å². The number of carbonyl (C=O) groups excluding carboxylic acids is 1. The molecule has 200 valence electrons. The van der Waals surface area contributed by atoms with E-state index in [1.54, 1.807) is 42.7 Å². The van der Waals surface area contributed by atoms with E-state index in [0.29, 0.717) is 37.2 Å². The summed E-state index contributed by atoms with van der Waals surface area (Å²) in [6.07, 6.45) is 5.37. The van der Waals surface area contributed by atoms with Gasteiger partial charge in [0.05, 0.1) is 0 Å². The molecule has 3 N–H and O–H groups in total. The summed E-state index contributed by atoms with van der Waals surface area (Å²) in [4.78, 5) is 27.4. The monoisotopic (exact) mass is 536 g/mol. The summed E-state index contributed by atoms with van der Waals surface area (Å²) < 4.78 is 0. The van der Waals surface area contributed by atoms with Gasteiger partial charge in [-0.25, -0.2) is 4.98 Å². The minimum absolute atomic E-state index is 0.155. The Kier molecular flexibility index (Phi) is 8.21. The van der Waals surface area contributed by atoms with E-state index in [1.165, 1.54) is 4.90 Å². The molecule has 1 amide bonds. The van der Waals surface area contributed by atoms with E-state index in [0.717, 1.165) is 43.1 Å². The van der Waals surface area contributed by atoms with Gasteiger partial charge in [-0.2, -0.15) is 0 Å². The van der Waals surface area contributed by atoms with Crippen LogP contribution in [0.1, 0.15) is 35.3 Å². The number of benzene rings is 1. The first-order chi connectivity index (χ1) is 18.4. The van der Waals surface area contributed by atoms with Crippen LogP contribution in [0.5, 0.6) is 0 Å². The molecule has 0 spiro atoms. The van der Waals surface area contributed by atoms with Gasteiger partial charge in [0.15, 0.2) is 0 Å². The van der Waals surface area contributed by atoms with E-state index < -0.39 is 5.91 Å². The van der Waals surface area contributed by atoms with Crippen molar-refractivity contribution in [1.82, 2.24) is 19.8 Å². The highest BCUT2D eigenvalue weighted by atomic mass is 35.5. The molecule has 2 fully saturated rings. The average Bonchev–Trinajstić information content (AvgIpc) is 3.09. The summed E-state index contributed by atoms with van der Waals surface area (Å²) in [5.74, 6) is -2.08. The number of nitrogens with one attached hydrogen (secondary N) is 1. The topological polar surface area (TPSA) is 105 Å². The van der Waals surface area contributed by atoms with Crippen molar-refractivity contribution in [3.05, 3.63) is 83.3 Å². The molecule has 9 nitrogen and oxygen atoms in total. The summed E-state index contributed by atoms with van der Waals surface area (Å²) in [5, 5.41) is 25.5. The molecular formula is C28H33ClN6O3. The maximum atomic E-state index is 12.7. The first kappa shape index (κ1) is 26.5. The van der Waals surface area contributed by atoms with Crippen LogP contribution < -0.4 is 10.2 Å². The van der Waals surface area contributed by atoms with E-state index in [1.807, 2.05) is 18.2 Å². The van der Waals surface area contributed by atoms with Gasteiger partial charge in [0.2, 0.25) is 5.91 Å². The van der Waals surface area contributed by atoms with Gasteiger partial charge < -0.3 is 20.4 Å². The summed E-state index contributed by atoms with van der Waals surface area (Å²) in [7, 11) is 0. The highest BCUT2D eigenvalue weighted by Crippen LogP contribution is 2.28. The Morgan fingerprint density at radius 2 is 1.74 bits per heavy atom. The minimum Gasteiger partial charge on any atom is -0.349 e. The Hall–Kier alpha value is -3.08. The first-order valence-corrected chi connectivity index (χ1v) is 13.4. The molecule has 10 heteroatoms. The quantitative estimate of drug-likeness (QED) is 0.413. The molecule has 0 atom stereocenters. The molecule has 0 radical (unpaired) electrons. The van der Waals surface area contributed by atoms with Crippen LogP contribution in [0, 0.1) is 0 Å². The Morgan fingerprint density at radius 1 is 0.974 bits per heavy atom. The smallest absolute Gasteiger partial charge is 0.274 e. The van der Waals surface area contributed by atoms with Gasteiger partial charge in [-0.3, -0.25) is 19.6 Å². The SMILES string of the molecule is O=C(Nc1ccncc1)c1cccc(N2CCN(C3CCN(Cc4ccccc4Cl)CC3)CCC2(O)O)n1. The molecule has 0 aliphatic carbocycles. The number of pyridine rings is 2. The predicted molar refractivity (Wildman–Crippen MR) is 147 cm³/mol. The van der Waals surface area contributed by atoms with E-state index in [2.05, 4.69) is 31.2 Å². The van der Waals surface area contributed by atoms with E-state index >= 15 is 0 Å². The predicted octanol–water partition coefficient (Wildman–Crippen LogP) is 3.20. The number of anilines is 2. The van der Waals surface area contributed by atoms with Crippen LogP contribution in [-0.2, 0) is 6.54 Å². The maximum Gasteiger partial charge on any atom is 0.274 e. The molecule has 0 unspecified atom stereocenters. The Morgan fingerprint density at radius 3 is 2.50 bits per heavy atom. The zero-order valence-electron chi connectivity index (χ0n) is 21.2. The van der Waals surface area contributed by atoms with Crippen molar-refractivity contribution < 1.29 is 15.0 Å². The van der Waals surface area contributed by atoms with Gasteiger partial charge in [-0.15, -0.1) is 0 Å². The molecule has 2 saturated heterocycles. The lowest BCUT2D eigenvalue weighted by Gasteiger charge is -2.38. The molecule has 2 aliphatic heterocycles. The second kappa shape index (κ2) is 11.8. The first-order valence-electron chi connectivity index (χ1n) is 13.0. The number of hydrogen-bond donors (Lipinski definition) is 3. The van der Waals surface area contributed by atoms with E-state index in [9.17, 15) is 15.0 Å². The molecule has 4 heterocycles. The number of halogens is 1. The van der Waals surface area contributed by atoms with Crippen LogP contribution in [0.15, 0.2) is 67.0 Å². The van der Waals surface area contributed by atoms with Crippen molar-refractivity contribution in [2.45, 2.75) is 37.8 Å². The number of nitrogens with zero attached hydrogens (tertiary/aromatic N) is 5. The molecule has 1 aromatic carbocycles. The minimum atomic E-state index is -2.06. The van der Waals surface area contributed by atoms with Crippen molar-refractivity contribution in [3.8, 4) is 0 Å². The van der Waals surface area contributed by atoms with Crippen molar-refractivity contribution in [3.63, 3.8) is 0 Å². The Balaban J connectivity index is 1.20. The number of likely N-dealkylation sites (tertiary alicyclic amines) is 1. The molecule has 3 aromatic rings. The van der Waals surface area contributed by atoms with Gasteiger partial charge in [-0.05, 0) is 61.8 Å². The number of piperidine rings is 1. The molecule has 0 saturated carbocycles. The van der Waals surface area contributed by atoms with Crippen molar-refractivity contribution in [2.24, 2.45) is 0 Å². The maximum absolute atomic E-state index is 12.7. The Bertz CT molecular complexity index is 1240. The van der Waals surface area contributed by atoms with Crippen molar-refractivity contribution >= 4 is 29.0 Å². The number of carbonyl (C=O) groups is 1. The fourth-order valence-corrected chi connectivity index (χ4v) is 5.45. The van der Waals surface area contributed by atoms with Crippen molar-refractivity contribution in [1.29, 1.82) is 0 Å². The zero-order valence-corrected chi connectivity index (χ0v) is 22.0. The fraction of sp³-hybridized carbons (Fsp3) is 0.393. The Labute approximate surface area is 227 Å². The third kappa shape index (κ3) is 6.31. The van der Waals surface area contributed by atoms with Gasteiger partial charge in [0.25, 0.3) is 5.91 Å². The second-order valence-corrected chi connectivity index (χ2v) is 10.3. The average molecular weight is 537 g/mol. The third-order valence-electron chi connectivity index (χ3n) is 7.38. The van der Waals surface area contributed by atoms with Crippen LogP contribution in [0.25, 0.3) is 0 Å². The summed E-state index contributed by atoms with van der Waals surface area (Å²) in [5.41, 5.74) is 1.95. The number of aromatic nitrogens is 2. The van der Waals surface area contributed by atoms with Crippen LogP contribution in [0.4, 0.5) is 11.5 Å². The summed E-state index contributed by atoms with van der Waals surface area (Å²) in [6.45, 7) is 4.40. The van der Waals surface area contributed by atoms with E-state index in [4.69, 9.17) is 11.6 Å². The van der Waals surface area contributed by atoms with E-state index in [-0.39, 0.29) is 18.0 Å². The molecule has 0 bridgehead atoms. The zero-order chi connectivity index (χ0) is 26.5. The lowest BCUT2D eigenvalue weighted by atomic mass is 10.0. The molecule has 2 aromatic heterocycles. The van der Waals surface area contributed by atoms with Gasteiger partial charge >= 0.3 is 0 Å². The molecule has 5 rings (SSSR count). The van der Waals surface area contributed by atoms with Crippen LogP contribution in [-0.4, -0.2) is 80.6 Å². The largest absolute Gasteiger partial charge is 0.349 e. The lowest BCUT2D eigenvalue weighted by Crippen LogP contribution is -2.50. The van der Waals surface area contributed by atoms with Crippen LogP contribution >= 0.6 is 11.6 Å². The number of aliphatic hydroxyl groups is 2. The standard InChI is InChI=1S/C28H33ClN6O3/c29-24-5-2-1-4-21(24)20-33-15-10-23(11-16-33)34-17-12-28(37,38)35(19-18-34)26-7-3-6-25(32-26)27(36)31-22-8-13-30-14-9-22/h1-9,13-14,23,37-38H,10-12,15-20H2,(H,30,31,36). The number of rotatable bonds is 6. The molecule has 38 heavy (non-hydrogen) atoms. The van der Waals surface area contributed by atoms with Crippen molar-refractivity contribution in [2.75, 3.05) is 42.9 Å². The normalized spacial score (nSPS) is 19.2. The second-order valence-electron chi connectivity index (χ2n) is 9.88. The summed E-state index contributed by atoms with van der Waals surface area (Å²) >= 11 is 6.35. The van der Waals surface area contributed by atoms with Crippen LogP contribution in [0.3, 0.4) is 0 Å². The molecule has 2 aliphatic rings. The highest BCUT2D eigenvalue weighted by molar-refractivity contribution is 6.31. The van der Waals surface area contributed by atoms with Crippen LogP contribution in [0.2, 0.25) is 5.02 Å². The number of amides is 1.